The molecule has 0 aliphatic rings. The van der Waals surface area contributed by atoms with Crippen LogP contribution in [0.15, 0.2) is 39.3 Å². The second kappa shape index (κ2) is 5.33. The van der Waals surface area contributed by atoms with Crippen molar-refractivity contribution in [2.45, 2.75) is 13.3 Å². The van der Waals surface area contributed by atoms with Crippen LogP contribution in [0.3, 0.4) is 0 Å². The number of halogens is 2. The molecule has 2 aromatic rings. The number of fused-ring (bicyclic) bond motifs is 1. The Morgan fingerprint density at radius 3 is 2.50 bits per heavy atom. The number of hydrogen-bond donors (Lipinski definition) is 0. The molecule has 0 spiro atoms. The number of rotatable bonds is 3. The van der Waals surface area contributed by atoms with Crippen LogP contribution in [0.25, 0.3) is 10.8 Å². The number of carbonyl (C=O) groups is 2. The van der Waals surface area contributed by atoms with Crippen molar-refractivity contribution in [1.29, 1.82) is 0 Å². The minimum atomic E-state index is -0.141. The highest BCUT2D eigenvalue weighted by atomic mass is 79.9. The Kier molecular flexibility index (Phi) is 3.97. The minimum absolute atomic E-state index is 0.0523. The maximum absolute atomic E-state index is 12.0. The third kappa shape index (κ3) is 2.70. The smallest absolute Gasteiger partial charge is 0.170 e. The topological polar surface area (TPSA) is 34.1 Å². The highest BCUT2D eigenvalue weighted by Gasteiger charge is 2.13. The van der Waals surface area contributed by atoms with Crippen LogP contribution in [0, 0.1) is 0 Å². The fourth-order valence-corrected chi connectivity index (χ4v) is 3.23. The van der Waals surface area contributed by atoms with Crippen molar-refractivity contribution in [2.75, 3.05) is 0 Å². The molecule has 0 fully saturated rings. The van der Waals surface area contributed by atoms with Gasteiger partial charge in [-0.25, -0.2) is 0 Å². The van der Waals surface area contributed by atoms with Crippen molar-refractivity contribution in [3.8, 4) is 0 Å². The second-order valence-corrected chi connectivity index (χ2v) is 5.86. The molecule has 0 aliphatic carbocycles. The van der Waals surface area contributed by atoms with E-state index in [-0.39, 0.29) is 18.0 Å². The highest BCUT2D eigenvalue weighted by molar-refractivity contribution is 9.11. The first kappa shape index (κ1) is 13.4. The van der Waals surface area contributed by atoms with E-state index in [2.05, 4.69) is 31.9 Å². The molecule has 0 aliphatic heterocycles. The van der Waals surface area contributed by atoms with E-state index >= 15 is 0 Å². The number of Topliss-reactive ketones (excluding diaryl/α,β-unsaturated/α-hetero) is 2. The van der Waals surface area contributed by atoms with Gasteiger partial charge in [0.1, 0.15) is 5.78 Å². The third-order valence-corrected chi connectivity index (χ3v) is 3.73. The van der Waals surface area contributed by atoms with Crippen LogP contribution in [0.5, 0.6) is 0 Å². The molecule has 2 nitrogen and oxygen atoms in total. The lowest BCUT2D eigenvalue weighted by Gasteiger charge is -2.07. The van der Waals surface area contributed by atoms with Gasteiger partial charge in [-0.3, -0.25) is 9.59 Å². The maximum Gasteiger partial charge on any atom is 0.170 e. The Morgan fingerprint density at radius 2 is 1.83 bits per heavy atom. The molecular weight excluding hydrogens is 360 g/mol. The second-order valence-electron chi connectivity index (χ2n) is 4.09. The Balaban J connectivity index is 2.65. The fraction of sp³-hybridized carbons (Fsp3) is 0.143. The summed E-state index contributed by atoms with van der Waals surface area (Å²) < 4.78 is 1.81. The largest absolute Gasteiger partial charge is 0.300 e. The zero-order valence-electron chi connectivity index (χ0n) is 9.67. The van der Waals surface area contributed by atoms with E-state index < -0.39 is 0 Å². The zero-order chi connectivity index (χ0) is 13.3. The lowest BCUT2D eigenvalue weighted by molar-refractivity contribution is -0.116. The molecule has 4 heteroatoms. The monoisotopic (exact) mass is 368 g/mol. The van der Waals surface area contributed by atoms with Crippen LogP contribution in [-0.2, 0) is 4.79 Å². The summed E-state index contributed by atoms with van der Waals surface area (Å²) in [6, 6.07) is 9.35. The van der Waals surface area contributed by atoms with Gasteiger partial charge in [0, 0.05) is 14.5 Å². The van der Waals surface area contributed by atoms with Gasteiger partial charge in [-0.1, -0.05) is 50.1 Å². The summed E-state index contributed by atoms with van der Waals surface area (Å²) in [5, 5.41) is 1.82. The van der Waals surface area contributed by atoms with Crippen molar-refractivity contribution in [3.63, 3.8) is 0 Å². The molecule has 0 radical (unpaired) electrons. The van der Waals surface area contributed by atoms with Crippen molar-refractivity contribution >= 4 is 54.2 Å². The van der Waals surface area contributed by atoms with Crippen LogP contribution in [0.4, 0.5) is 0 Å². The number of ketones is 2. The van der Waals surface area contributed by atoms with Gasteiger partial charge in [0.15, 0.2) is 5.78 Å². The Hall–Kier alpha value is -1.000. The van der Waals surface area contributed by atoms with Crippen LogP contribution in [-0.4, -0.2) is 11.6 Å². The molecule has 0 atom stereocenters. The van der Waals surface area contributed by atoms with Gasteiger partial charge in [-0.2, -0.15) is 0 Å². The van der Waals surface area contributed by atoms with E-state index in [0.717, 1.165) is 19.7 Å². The summed E-state index contributed by atoms with van der Waals surface area (Å²) in [4.78, 5) is 23.1. The molecule has 0 unspecified atom stereocenters. The first-order valence-electron chi connectivity index (χ1n) is 5.39. The normalized spacial score (nSPS) is 10.6. The van der Waals surface area contributed by atoms with E-state index in [9.17, 15) is 9.59 Å². The van der Waals surface area contributed by atoms with Gasteiger partial charge in [-0.15, -0.1) is 0 Å². The maximum atomic E-state index is 12.0. The zero-order valence-corrected chi connectivity index (χ0v) is 12.8. The molecule has 92 valence electrons. The van der Waals surface area contributed by atoms with Crippen LogP contribution in [0.1, 0.15) is 23.7 Å². The molecule has 2 rings (SSSR count). The van der Waals surface area contributed by atoms with Gasteiger partial charge in [0.25, 0.3) is 0 Å². The summed E-state index contributed by atoms with van der Waals surface area (Å²) in [5.41, 5.74) is 0.588. The van der Waals surface area contributed by atoms with E-state index in [1.54, 1.807) is 6.07 Å². The standard InChI is InChI=1S/C14H10Br2O2/c1-8(17)5-14(18)11-4-2-3-10-12(11)6-9(15)7-13(10)16/h2-4,6-7H,5H2,1H3. The van der Waals surface area contributed by atoms with Crippen molar-refractivity contribution in [2.24, 2.45) is 0 Å². The summed E-state index contributed by atoms with van der Waals surface area (Å²) in [7, 11) is 0. The predicted molar refractivity (Wildman–Crippen MR) is 79.0 cm³/mol. The quantitative estimate of drug-likeness (QED) is 0.588. The first-order valence-corrected chi connectivity index (χ1v) is 6.98. The molecule has 0 saturated heterocycles. The summed E-state index contributed by atoms with van der Waals surface area (Å²) in [6.07, 6.45) is -0.0523. The Labute approximate surface area is 122 Å². The highest BCUT2D eigenvalue weighted by Crippen LogP contribution is 2.31. The SMILES string of the molecule is CC(=O)CC(=O)c1cccc2c(Br)cc(Br)cc12. The van der Waals surface area contributed by atoms with E-state index in [1.165, 1.54) is 6.92 Å². The van der Waals surface area contributed by atoms with E-state index in [0.29, 0.717) is 5.56 Å². The number of hydrogen-bond acceptors (Lipinski definition) is 2. The number of carbonyl (C=O) groups excluding carboxylic acids is 2. The third-order valence-electron chi connectivity index (χ3n) is 2.62. The molecule has 0 bridgehead atoms. The van der Waals surface area contributed by atoms with Gasteiger partial charge in [0.2, 0.25) is 0 Å². The van der Waals surface area contributed by atoms with Gasteiger partial charge >= 0.3 is 0 Å². The average molecular weight is 370 g/mol. The predicted octanol–water partition coefficient (Wildman–Crippen LogP) is 4.53. The van der Waals surface area contributed by atoms with Crippen LogP contribution >= 0.6 is 31.9 Å². The lowest BCUT2D eigenvalue weighted by Crippen LogP contribution is -2.05. The fourth-order valence-electron chi connectivity index (χ4n) is 1.87. The molecule has 0 saturated carbocycles. The summed E-state index contributed by atoms with van der Waals surface area (Å²) in [6.45, 7) is 1.43. The molecule has 2 aromatic carbocycles. The number of benzene rings is 2. The molecule has 0 N–H and O–H groups in total. The van der Waals surface area contributed by atoms with E-state index in [4.69, 9.17) is 0 Å². The van der Waals surface area contributed by atoms with Crippen LogP contribution < -0.4 is 0 Å². The Bertz CT molecular complexity index is 648. The molecule has 18 heavy (non-hydrogen) atoms. The van der Waals surface area contributed by atoms with Gasteiger partial charge in [-0.05, 0) is 29.8 Å². The average Bonchev–Trinajstić information content (AvgIpc) is 2.27. The minimum Gasteiger partial charge on any atom is -0.300 e. The Morgan fingerprint density at radius 1 is 1.11 bits per heavy atom. The van der Waals surface area contributed by atoms with Crippen LogP contribution in [0.2, 0.25) is 0 Å². The van der Waals surface area contributed by atoms with Gasteiger partial charge in [0.05, 0.1) is 6.42 Å². The van der Waals surface area contributed by atoms with Crippen molar-refractivity contribution in [1.82, 2.24) is 0 Å². The summed E-state index contributed by atoms with van der Waals surface area (Å²) >= 11 is 6.88. The first-order chi connectivity index (χ1) is 8.49. The lowest BCUT2D eigenvalue weighted by atomic mass is 9.99. The van der Waals surface area contributed by atoms with E-state index in [1.807, 2.05) is 24.3 Å². The molecule has 0 aromatic heterocycles. The van der Waals surface area contributed by atoms with Gasteiger partial charge < -0.3 is 0 Å². The molecular formula is C14H10Br2O2. The summed E-state index contributed by atoms with van der Waals surface area (Å²) in [5.74, 6) is -0.260. The molecule has 0 amide bonds. The van der Waals surface area contributed by atoms with Crippen molar-refractivity contribution in [3.05, 3.63) is 44.8 Å². The molecule has 0 heterocycles. The van der Waals surface area contributed by atoms with Crippen molar-refractivity contribution < 1.29 is 9.59 Å².